The van der Waals surface area contributed by atoms with Crippen LogP contribution >= 0.6 is 0 Å². The highest BCUT2D eigenvalue weighted by atomic mass is 16.6. The summed E-state index contributed by atoms with van der Waals surface area (Å²) < 4.78 is 5.48. The number of nitrogens with zero attached hydrogens (tertiary/aromatic N) is 3. The van der Waals surface area contributed by atoms with Gasteiger partial charge < -0.3 is 15.0 Å². The molecule has 7 nitrogen and oxygen atoms in total. The van der Waals surface area contributed by atoms with Crippen LogP contribution < -0.4 is 5.32 Å². The molecule has 154 valence electrons. The van der Waals surface area contributed by atoms with Crippen LogP contribution in [0.5, 0.6) is 0 Å². The highest BCUT2D eigenvalue weighted by Crippen LogP contribution is 2.28. The minimum absolute atomic E-state index is 0.222. The summed E-state index contributed by atoms with van der Waals surface area (Å²) in [7, 11) is 0. The van der Waals surface area contributed by atoms with E-state index in [0.29, 0.717) is 30.9 Å². The van der Waals surface area contributed by atoms with Crippen molar-refractivity contribution in [1.29, 1.82) is 0 Å². The van der Waals surface area contributed by atoms with E-state index in [1.165, 1.54) is 12.4 Å². The molecule has 2 aromatic rings. The van der Waals surface area contributed by atoms with Gasteiger partial charge in [-0.05, 0) is 40.0 Å². The SMILES string of the molecule is CC(C)(C)OC(=O)N(CCCNC(=O)c1cnc(-c2ccccc2)nc1)C1CC1. The zero-order valence-corrected chi connectivity index (χ0v) is 17.2. The number of hydrogen-bond acceptors (Lipinski definition) is 5. The topological polar surface area (TPSA) is 84.4 Å². The molecule has 1 aromatic heterocycles. The molecule has 1 fully saturated rings. The maximum atomic E-state index is 12.3. The van der Waals surface area contributed by atoms with Gasteiger partial charge in [0.2, 0.25) is 0 Å². The fourth-order valence-corrected chi connectivity index (χ4v) is 2.86. The lowest BCUT2D eigenvalue weighted by atomic mass is 10.2. The maximum absolute atomic E-state index is 12.3. The molecule has 7 heteroatoms. The summed E-state index contributed by atoms with van der Waals surface area (Å²) in [5, 5.41) is 2.86. The Morgan fingerprint density at radius 2 is 1.79 bits per heavy atom. The van der Waals surface area contributed by atoms with E-state index in [1.807, 2.05) is 51.1 Å². The summed E-state index contributed by atoms with van der Waals surface area (Å²) >= 11 is 0. The summed E-state index contributed by atoms with van der Waals surface area (Å²) in [6.45, 7) is 6.61. The van der Waals surface area contributed by atoms with Crippen LogP contribution in [0.2, 0.25) is 0 Å². The molecule has 0 spiro atoms. The molecule has 3 rings (SSSR count). The highest BCUT2D eigenvalue weighted by Gasteiger charge is 2.34. The number of hydrogen-bond donors (Lipinski definition) is 1. The zero-order valence-electron chi connectivity index (χ0n) is 17.2. The number of ether oxygens (including phenoxy) is 1. The number of aromatic nitrogens is 2. The predicted octanol–water partition coefficient (Wildman–Crippen LogP) is 3.66. The van der Waals surface area contributed by atoms with Gasteiger partial charge in [0.05, 0.1) is 5.56 Å². The number of carbonyl (C=O) groups excluding carboxylic acids is 2. The van der Waals surface area contributed by atoms with E-state index >= 15 is 0 Å². The zero-order chi connectivity index (χ0) is 20.9. The normalized spacial score (nSPS) is 13.6. The lowest BCUT2D eigenvalue weighted by Crippen LogP contribution is -2.39. The van der Waals surface area contributed by atoms with Crippen LogP contribution in [-0.2, 0) is 4.74 Å². The molecular formula is C22H28N4O3. The van der Waals surface area contributed by atoms with E-state index in [-0.39, 0.29) is 18.0 Å². The first-order valence-corrected chi connectivity index (χ1v) is 9.99. The molecule has 1 saturated carbocycles. The molecule has 2 amide bonds. The van der Waals surface area contributed by atoms with Crippen molar-refractivity contribution < 1.29 is 14.3 Å². The molecule has 1 aromatic carbocycles. The van der Waals surface area contributed by atoms with Gasteiger partial charge in [-0.2, -0.15) is 0 Å². The van der Waals surface area contributed by atoms with E-state index in [4.69, 9.17) is 4.74 Å². The smallest absolute Gasteiger partial charge is 0.410 e. The number of amides is 2. The van der Waals surface area contributed by atoms with Crippen molar-refractivity contribution in [3.8, 4) is 11.4 Å². The van der Waals surface area contributed by atoms with Crippen molar-refractivity contribution in [3.63, 3.8) is 0 Å². The molecule has 0 bridgehead atoms. The van der Waals surface area contributed by atoms with Crippen LogP contribution in [0.4, 0.5) is 4.79 Å². The second-order valence-electron chi connectivity index (χ2n) is 8.18. The van der Waals surface area contributed by atoms with Crippen molar-refractivity contribution in [1.82, 2.24) is 20.2 Å². The summed E-state index contributed by atoms with van der Waals surface area (Å²) in [4.78, 5) is 35.0. The third-order valence-corrected chi connectivity index (χ3v) is 4.42. The molecule has 0 saturated heterocycles. The first-order valence-electron chi connectivity index (χ1n) is 9.99. The Hall–Kier alpha value is -2.96. The van der Waals surface area contributed by atoms with Crippen LogP contribution in [0.3, 0.4) is 0 Å². The Bertz CT molecular complexity index is 827. The average Bonchev–Trinajstić information content (AvgIpc) is 3.52. The van der Waals surface area contributed by atoms with Gasteiger partial charge in [-0.25, -0.2) is 14.8 Å². The average molecular weight is 396 g/mol. The predicted molar refractivity (Wildman–Crippen MR) is 110 cm³/mol. The Morgan fingerprint density at radius 3 is 2.38 bits per heavy atom. The van der Waals surface area contributed by atoms with E-state index in [0.717, 1.165) is 18.4 Å². The van der Waals surface area contributed by atoms with Gasteiger partial charge in [-0.3, -0.25) is 4.79 Å². The third kappa shape index (κ3) is 6.27. The van der Waals surface area contributed by atoms with E-state index in [1.54, 1.807) is 4.90 Å². The first kappa shape index (κ1) is 20.8. The number of benzene rings is 1. The van der Waals surface area contributed by atoms with Crippen LogP contribution in [-0.4, -0.2) is 51.6 Å². The molecule has 1 aliphatic rings. The molecule has 1 N–H and O–H groups in total. The first-order chi connectivity index (χ1) is 13.8. The summed E-state index contributed by atoms with van der Waals surface area (Å²) in [5.74, 6) is 0.361. The van der Waals surface area contributed by atoms with Crippen molar-refractivity contribution in [2.45, 2.75) is 51.7 Å². The van der Waals surface area contributed by atoms with E-state index in [2.05, 4.69) is 15.3 Å². The second kappa shape index (κ2) is 9.03. The number of nitrogens with one attached hydrogen (secondary N) is 1. The van der Waals surface area contributed by atoms with Crippen molar-refractivity contribution in [2.75, 3.05) is 13.1 Å². The molecule has 0 atom stereocenters. The fourth-order valence-electron chi connectivity index (χ4n) is 2.86. The lowest BCUT2D eigenvalue weighted by molar-refractivity contribution is 0.0232. The lowest BCUT2D eigenvalue weighted by Gasteiger charge is -2.27. The molecule has 1 aliphatic carbocycles. The quantitative estimate of drug-likeness (QED) is 0.722. The minimum Gasteiger partial charge on any atom is -0.444 e. The second-order valence-corrected chi connectivity index (χ2v) is 8.18. The van der Waals surface area contributed by atoms with Crippen molar-refractivity contribution in [2.24, 2.45) is 0 Å². The largest absolute Gasteiger partial charge is 0.444 e. The number of rotatable bonds is 7. The molecular weight excluding hydrogens is 368 g/mol. The Kier molecular flexibility index (Phi) is 6.46. The number of carbonyl (C=O) groups is 2. The monoisotopic (exact) mass is 396 g/mol. The van der Waals surface area contributed by atoms with Gasteiger partial charge in [-0.1, -0.05) is 30.3 Å². The van der Waals surface area contributed by atoms with Crippen LogP contribution in [0.15, 0.2) is 42.7 Å². The van der Waals surface area contributed by atoms with Gasteiger partial charge in [0, 0.05) is 37.1 Å². The summed E-state index contributed by atoms with van der Waals surface area (Å²) in [6.07, 6.45) is 5.46. The van der Waals surface area contributed by atoms with Gasteiger partial charge >= 0.3 is 6.09 Å². The van der Waals surface area contributed by atoms with E-state index < -0.39 is 5.60 Å². The molecule has 1 heterocycles. The maximum Gasteiger partial charge on any atom is 0.410 e. The van der Waals surface area contributed by atoms with Crippen LogP contribution in [0.1, 0.15) is 50.4 Å². The van der Waals surface area contributed by atoms with Gasteiger partial charge in [0.15, 0.2) is 5.82 Å². The molecule has 0 radical (unpaired) electrons. The van der Waals surface area contributed by atoms with Crippen LogP contribution in [0, 0.1) is 0 Å². The van der Waals surface area contributed by atoms with Gasteiger partial charge in [0.25, 0.3) is 5.91 Å². The molecule has 0 unspecified atom stereocenters. The van der Waals surface area contributed by atoms with E-state index in [9.17, 15) is 9.59 Å². The molecule has 0 aliphatic heterocycles. The van der Waals surface area contributed by atoms with Gasteiger partial charge in [0.1, 0.15) is 5.60 Å². The Labute approximate surface area is 171 Å². The van der Waals surface area contributed by atoms with Crippen molar-refractivity contribution in [3.05, 3.63) is 48.3 Å². The standard InChI is InChI=1S/C22H28N4O3/c1-22(2,3)29-21(28)26(18-10-11-18)13-7-12-23-20(27)17-14-24-19(25-15-17)16-8-5-4-6-9-16/h4-6,8-9,14-15,18H,7,10-13H2,1-3H3,(H,23,27). The summed E-state index contributed by atoms with van der Waals surface area (Å²) in [6, 6.07) is 9.87. The fraction of sp³-hybridized carbons (Fsp3) is 0.455. The van der Waals surface area contributed by atoms with Crippen LogP contribution in [0.25, 0.3) is 11.4 Å². The Morgan fingerprint density at radius 1 is 1.14 bits per heavy atom. The third-order valence-electron chi connectivity index (χ3n) is 4.42. The highest BCUT2D eigenvalue weighted by molar-refractivity contribution is 5.93. The summed E-state index contributed by atoms with van der Waals surface area (Å²) in [5.41, 5.74) is 0.808. The van der Waals surface area contributed by atoms with Crippen molar-refractivity contribution >= 4 is 12.0 Å². The molecule has 29 heavy (non-hydrogen) atoms. The Balaban J connectivity index is 1.46. The van der Waals surface area contributed by atoms with Gasteiger partial charge in [-0.15, -0.1) is 0 Å². The minimum atomic E-state index is -0.510.